The lowest BCUT2D eigenvalue weighted by atomic mass is 9.97. The highest BCUT2D eigenvalue weighted by Gasteiger charge is 2.22. The fourth-order valence-corrected chi connectivity index (χ4v) is 4.90. The maximum Gasteiger partial charge on any atom is 0.307 e. The number of nitrogens with zero attached hydrogens (tertiary/aromatic N) is 2. The molecule has 0 amide bonds. The highest BCUT2D eigenvalue weighted by atomic mass is 32.2. The van der Waals surface area contributed by atoms with Crippen molar-refractivity contribution in [1.82, 2.24) is 9.55 Å². The van der Waals surface area contributed by atoms with Gasteiger partial charge in [0.25, 0.3) is 5.56 Å². The Kier molecular flexibility index (Phi) is 5.06. The van der Waals surface area contributed by atoms with Crippen LogP contribution >= 0.6 is 23.1 Å². The van der Waals surface area contributed by atoms with Crippen LogP contribution in [-0.2, 0) is 28.9 Å². The Morgan fingerprint density at radius 3 is 2.91 bits per heavy atom. The summed E-state index contributed by atoms with van der Waals surface area (Å²) in [5.74, 6) is -0.279. The quantitative estimate of drug-likeness (QED) is 0.470. The Bertz CT molecular complexity index is 795. The van der Waals surface area contributed by atoms with E-state index >= 15 is 0 Å². The summed E-state index contributed by atoms with van der Waals surface area (Å²) in [5.41, 5.74) is 1.18. The first-order chi connectivity index (χ1) is 11.2. The van der Waals surface area contributed by atoms with Crippen LogP contribution in [0, 0.1) is 0 Å². The van der Waals surface area contributed by atoms with Crippen LogP contribution in [0.15, 0.2) is 9.95 Å². The first-order valence-corrected chi connectivity index (χ1v) is 9.94. The number of carbonyl (C=O) groups excluding carboxylic acids is 1. The van der Waals surface area contributed by atoms with Crippen molar-refractivity contribution < 1.29 is 9.53 Å². The van der Waals surface area contributed by atoms with Gasteiger partial charge in [0.1, 0.15) is 4.83 Å². The van der Waals surface area contributed by atoms with E-state index in [1.165, 1.54) is 28.6 Å². The van der Waals surface area contributed by atoms with Gasteiger partial charge in [-0.05, 0) is 44.4 Å². The number of fused-ring (bicyclic) bond motifs is 3. The summed E-state index contributed by atoms with van der Waals surface area (Å²) in [7, 11) is 0. The predicted molar refractivity (Wildman–Crippen MR) is 93.6 cm³/mol. The van der Waals surface area contributed by atoms with Crippen molar-refractivity contribution in [1.29, 1.82) is 0 Å². The van der Waals surface area contributed by atoms with Crippen molar-refractivity contribution in [2.45, 2.75) is 50.7 Å². The molecule has 7 heteroatoms. The molecule has 3 rings (SSSR count). The third kappa shape index (κ3) is 3.17. The van der Waals surface area contributed by atoms with E-state index < -0.39 is 0 Å². The molecule has 5 nitrogen and oxygen atoms in total. The summed E-state index contributed by atoms with van der Waals surface area (Å²) in [6, 6.07) is 0. The van der Waals surface area contributed by atoms with Gasteiger partial charge in [0.15, 0.2) is 5.16 Å². The second-order valence-corrected chi connectivity index (χ2v) is 7.36. The number of thioether (sulfide) groups is 1. The Hall–Kier alpha value is -1.34. The van der Waals surface area contributed by atoms with Crippen molar-refractivity contribution in [3.63, 3.8) is 0 Å². The minimum Gasteiger partial charge on any atom is -0.466 e. The van der Waals surface area contributed by atoms with Gasteiger partial charge in [-0.25, -0.2) is 4.98 Å². The fraction of sp³-hybridized carbons (Fsp3) is 0.562. The van der Waals surface area contributed by atoms with Crippen LogP contribution in [0.3, 0.4) is 0 Å². The molecular weight excluding hydrogens is 332 g/mol. The molecule has 2 heterocycles. The summed E-state index contributed by atoms with van der Waals surface area (Å²) in [6.45, 7) is 2.46. The molecule has 0 unspecified atom stereocenters. The maximum absolute atomic E-state index is 13.0. The van der Waals surface area contributed by atoms with Gasteiger partial charge in [0.2, 0.25) is 0 Å². The highest BCUT2D eigenvalue weighted by Crippen LogP contribution is 2.34. The van der Waals surface area contributed by atoms with Crippen LogP contribution < -0.4 is 5.56 Å². The number of thiophene rings is 1. The summed E-state index contributed by atoms with van der Waals surface area (Å²) >= 11 is 3.10. The minimum absolute atomic E-state index is 0.0111. The van der Waals surface area contributed by atoms with E-state index in [9.17, 15) is 9.59 Å². The number of hydrogen-bond acceptors (Lipinski definition) is 6. The van der Waals surface area contributed by atoms with E-state index in [1.807, 2.05) is 6.26 Å². The molecule has 2 aromatic heterocycles. The number of hydrogen-bond donors (Lipinski definition) is 0. The summed E-state index contributed by atoms with van der Waals surface area (Å²) in [6.07, 6.45) is 6.43. The molecule has 124 valence electrons. The normalized spacial score (nSPS) is 14.0. The van der Waals surface area contributed by atoms with E-state index in [4.69, 9.17) is 4.74 Å². The number of carbonyl (C=O) groups is 1. The van der Waals surface area contributed by atoms with Crippen molar-refractivity contribution in [3.8, 4) is 0 Å². The van der Waals surface area contributed by atoms with Gasteiger partial charge < -0.3 is 4.74 Å². The molecule has 23 heavy (non-hydrogen) atoms. The lowest BCUT2D eigenvalue weighted by molar-refractivity contribution is -0.143. The molecule has 0 saturated carbocycles. The van der Waals surface area contributed by atoms with Crippen LogP contribution in [0.4, 0.5) is 0 Å². The monoisotopic (exact) mass is 352 g/mol. The zero-order valence-corrected chi connectivity index (χ0v) is 15.0. The molecule has 0 radical (unpaired) electrons. The van der Waals surface area contributed by atoms with E-state index in [0.29, 0.717) is 18.3 Å². The lowest BCUT2D eigenvalue weighted by Crippen LogP contribution is -2.25. The van der Waals surface area contributed by atoms with Gasteiger partial charge in [-0.2, -0.15) is 0 Å². The lowest BCUT2D eigenvalue weighted by Gasteiger charge is -2.12. The molecule has 0 bridgehead atoms. The van der Waals surface area contributed by atoms with Crippen LogP contribution in [0.1, 0.15) is 36.6 Å². The van der Waals surface area contributed by atoms with E-state index in [2.05, 4.69) is 4.98 Å². The van der Waals surface area contributed by atoms with Gasteiger partial charge in [0.05, 0.1) is 18.4 Å². The number of rotatable bonds is 5. The maximum atomic E-state index is 13.0. The molecule has 0 N–H and O–H groups in total. The van der Waals surface area contributed by atoms with E-state index in [-0.39, 0.29) is 17.9 Å². The average molecular weight is 352 g/mol. The average Bonchev–Trinajstić information content (AvgIpc) is 2.92. The Morgan fingerprint density at radius 2 is 2.17 bits per heavy atom. The van der Waals surface area contributed by atoms with Gasteiger partial charge in [-0.1, -0.05) is 11.8 Å². The number of aryl methyl sites for hydroxylation is 2. The van der Waals surface area contributed by atoms with Gasteiger partial charge in [-0.3, -0.25) is 14.2 Å². The third-order valence-corrected chi connectivity index (χ3v) is 5.93. The molecular formula is C16H20N2O3S2. The Balaban J connectivity index is 2.04. The molecule has 0 saturated heterocycles. The zero-order chi connectivity index (χ0) is 16.4. The van der Waals surface area contributed by atoms with Gasteiger partial charge in [0, 0.05) is 11.4 Å². The molecule has 0 atom stereocenters. The first kappa shape index (κ1) is 16.5. The first-order valence-electron chi connectivity index (χ1n) is 7.90. The van der Waals surface area contributed by atoms with Gasteiger partial charge in [-0.15, -0.1) is 11.3 Å². The second kappa shape index (κ2) is 7.05. The summed E-state index contributed by atoms with van der Waals surface area (Å²) in [4.78, 5) is 31.4. The summed E-state index contributed by atoms with van der Waals surface area (Å²) < 4.78 is 6.59. The molecule has 0 aromatic carbocycles. The molecule has 0 fully saturated rings. The molecule has 1 aliphatic rings. The SMILES string of the molecule is CCOC(=O)CCn1c(SC)nc2sc3c(c2c1=O)CCCC3. The predicted octanol–water partition coefficient (Wildman–Crippen LogP) is 3.01. The Morgan fingerprint density at radius 1 is 1.39 bits per heavy atom. The number of aromatic nitrogens is 2. The van der Waals surface area contributed by atoms with Crippen molar-refractivity contribution in [2.24, 2.45) is 0 Å². The minimum atomic E-state index is -0.279. The topological polar surface area (TPSA) is 61.2 Å². The van der Waals surface area contributed by atoms with E-state index in [0.717, 1.165) is 29.5 Å². The van der Waals surface area contributed by atoms with E-state index in [1.54, 1.807) is 22.8 Å². The number of ether oxygens (including phenoxy) is 1. The summed E-state index contributed by atoms with van der Waals surface area (Å²) in [5, 5.41) is 1.44. The standard InChI is InChI=1S/C16H20N2O3S2/c1-3-21-12(19)8-9-18-15(20)13-10-6-4-5-7-11(10)23-14(13)17-16(18)22-2/h3-9H2,1-2H3. The van der Waals surface area contributed by atoms with Crippen molar-refractivity contribution in [3.05, 3.63) is 20.8 Å². The van der Waals surface area contributed by atoms with Crippen LogP contribution in [0.5, 0.6) is 0 Å². The third-order valence-electron chi connectivity index (χ3n) is 4.07. The fourth-order valence-electron chi connectivity index (χ4n) is 3.01. The molecule has 0 aliphatic heterocycles. The zero-order valence-electron chi connectivity index (χ0n) is 13.4. The molecule has 2 aromatic rings. The van der Waals surface area contributed by atoms with Crippen LogP contribution in [-0.4, -0.2) is 28.4 Å². The smallest absolute Gasteiger partial charge is 0.307 e. The van der Waals surface area contributed by atoms with Crippen molar-refractivity contribution in [2.75, 3.05) is 12.9 Å². The Labute approximate surface area is 143 Å². The molecule has 0 spiro atoms. The van der Waals surface area contributed by atoms with Crippen molar-refractivity contribution >= 4 is 39.3 Å². The highest BCUT2D eigenvalue weighted by molar-refractivity contribution is 7.98. The van der Waals surface area contributed by atoms with Gasteiger partial charge >= 0.3 is 5.97 Å². The van der Waals surface area contributed by atoms with Crippen LogP contribution in [0.2, 0.25) is 0 Å². The second-order valence-electron chi connectivity index (χ2n) is 5.50. The molecule has 1 aliphatic carbocycles. The van der Waals surface area contributed by atoms with Crippen LogP contribution in [0.25, 0.3) is 10.2 Å². The largest absolute Gasteiger partial charge is 0.466 e. The number of esters is 1.